The first-order valence-electron chi connectivity index (χ1n) is 7.34. The number of benzene rings is 2. The molecule has 0 aromatic heterocycles. The Hall–Kier alpha value is -3.13. The molecule has 5 heteroatoms. The fourth-order valence-corrected chi connectivity index (χ4v) is 2.01. The highest BCUT2D eigenvalue weighted by atomic mass is 16.2. The van der Waals surface area contributed by atoms with Crippen molar-refractivity contribution in [2.45, 2.75) is 13.3 Å². The molecule has 0 unspecified atom stereocenters. The predicted octanol–water partition coefficient (Wildman–Crippen LogP) is 2.95. The number of anilines is 1. The van der Waals surface area contributed by atoms with Crippen LogP contribution in [0.4, 0.5) is 5.69 Å². The van der Waals surface area contributed by atoms with Crippen molar-refractivity contribution in [3.8, 4) is 6.07 Å². The highest BCUT2D eigenvalue weighted by Gasteiger charge is 2.10. The SMILES string of the molecule is CCCNC(=O)c1cccc(C(=O)Nc2cccc(C#N)c2)c1. The second-order valence-electron chi connectivity index (χ2n) is 4.98. The molecule has 2 rings (SSSR count). The molecule has 116 valence electrons. The van der Waals surface area contributed by atoms with Crippen LogP contribution in [0, 0.1) is 11.3 Å². The fourth-order valence-electron chi connectivity index (χ4n) is 2.01. The molecule has 5 nitrogen and oxygen atoms in total. The highest BCUT2D eigenvalue weighted by Crippen LogP contribution is 2.13. The maximum absolute atomic E-state index is 12.3. The molecule has 2 aromatic rings. The van der Waals surface area contributed by atoms with Crippen LogP contribution in [0.5, 0.6) is 0 Å². The lowest BCUT2D eigenvalue weighted by Gasteiger charge is -2.08. The first-order chi connectivity index (χ1) is 11.1. The van der Waals surface area contributed by atoms with E-state index in [4.69, 9.17) is 5.26 Å². The Morgan fingerprint density at radius 2 is 1.74 bits per heavy atom. The summed E-state index contributed by atoms with van der Waals surface area (Å²) >= 11 is 0. The maximum atomic E-state index is 12.3. The lowest BCUT2D eigenvalue weighted by molar-refractivity contribution is 0.0953. The summed E-state index contributed by atoms with van der Waals surface area (Å²) in [5.41, 5.74) is 1.83. The minimum atomic E-state index is -0.328. The smallest absolute Gasteiger partial charge is 0.255 e. The summed E-state index contributed by atoms with van der Waals surface area (Å²) in [6, 6.07) is 15.2. The molecule has 0 fully saturated rings. The van der Waals surface area contributed by atoms with E-state index in [0.29, 0.717) is 28.9 Å². The standard InChI is InChI=1S/C18H17N3O2/c1-2-9-20-17(22)14-6-4-7-15(11-14)18(23)21-16-8-3-5-13(10-16)12-19/h3-8,10-11H,2,9H2,1H3,(H,20,22)(H,21,23). The molecular formula is C18H17N3O2. The van der Waals surface area contributed by atoms with Gasteiger partial charge in [-0.2, -0.15) is 5.26 Å². The minimum absolute atomic E-state index is 0.201. The highest BCUT2D eigenvalue weighted by molar-refractivity contribution is 6.06. The zero-order valence-corrected chi connectivity index (χ0v) is 12.8. The lowest BCUT2D eigenvalue weighted by atomic mass is 10.1. The third kappa shape index (κ3) is 4.42. The van der Waals surface area contributed by atoms with E-state index in [1.165, 1.54) is 0 Å². The van der Waals surface area contributed by atoms with Crippen molar-refractivity contribution in [2.24, 2.45) is 0 Å². The van der Waals surface area contributed by atoms with Gasteiger partial charge in [0.15, 0.2) is 0 Å². The van der Waals surface area contributed by atoms with Crippen molar-refractivity contribution in [1.82, 2.24) is 5.32 Å². The van der Waals surface area contributed by atoms with Gasteiger partial charge in [0.25, 0.3) is 11.8 Å². The Labute approximate surface area is 134 Å². The number of rotatable bonds is 5. The zero-order chi connectivity index (χ0) is 16.7. The molecular weight excluding hydrogens is 290 g/mol. The summed E-state index contributed by atoms with van der Waals surface area (Å²) in [4.78, 5) is 24.2. The monoisotopic (exact) mass is 307 g/mol. The van der Waals surface area contributed by atoms with Gasteiger partial charge < -0.3 is 10.6 Å². The molecule has 0 bridgehead atoms. The van der Waals surface area contributed by atoms with Crippen LogP contribution in [0.1, 0.15) is 39.6 Å². The Morgan fingerprint density at radius 3 is 2.43 bits per heavy atom. The number of hydrogen-bond donors (Lipinski definition) is 2. The van der Waals surface area contributed by atoms with Gasteiger partial charge in [-0.15, -0.1) is 0 Å². The van der Waals surface area contributed by atoms with Crippen LogP contribution in [0.15, 0.2) is 48.5 Å². The molecule has 0 saturated heterocycles. The van der Waals surface area contributed by atoms with Crippen LogP contribution in [-0.4, -0.2) is 18.4 Å². The predicted molar refractivity (Wildman–Crippen MR) is 88.2 cm³/mol. The number of carbonyl (C=O) groups excluding carboxylic acids is 2. The topological polar surface area (TPSA) is 82.0 Å². The van der Waals surface area contributed by atoms with Crippen LogP contribution in [0.3, 0.4) is 0 Å². The van der Waals surface area contributed by atoms with Gasteiger partial charge in [-0.1, -0.05) is 19.1 Å². The average Bonchev–Trinajstić information content (AvgIpc) is 2.59. The Kier molecular flexibility index (Phi) is 5.48. The van der Waals surface area contributed by atoms with Gasteiger partial charge in [-0.25, -0.2) is 0 Å². The van der Waals surface area contributed by atoms with Crippen LogP contribution in [-0.2, 0) is 0 Å². The van der Waals surface area contributed by atoms with Crippen molar-refractivity contribution in [1.29, 1.82) is 5.26 Å². The molecule has 0 heterocycles. The van der Waals surface area contributed by atoms with Crippen molar-refractivity contribution in [3.05, 3.63) is 65.2 Å². The van der Waals surface area contributed by atoms with Gasteiger partial charge in [-0.05, 0) is 42.8 Å². The van der Waals surface area contributed by atoms with Gasteiger partial charge in [0.05, 0.1) is 11.6 Å². The maximum Gasteiger partial charge on any atom is 0.255 e. The van der Waals surface area contributed by atoms with Crippen LogP contribution in [0.25, 0.3) is 0 Å². The van der Waals surface area contributed by atoms with Crippen LogP contribution < -0.4 is 10.6 Å². The van der Waals surface area contributed by atoms with Gasteiger partial charge >= 0.3 is 0 Å². The van der Waals surface area contributed by atoms with E-state index in [-0.39, 0.29) is 11.8 Å². The number of amides is 2. The molecule has 0 aliphatic carbocycles. The van der Waals surface area contributed by atoms with Crippen molar-refractivity contribution >= 4 is 17.5 Å². The summed E-state index contributed by atoms with van der Waals surface area (Å²) in [7, 11) is 0. The lowest BCUT2D eigenvalue weighted by Crippen LogP contribution is -2.24. The molecule has 0 atom stereocenters. The Morgan fingerprint density at radius 1 is 1.04 bits per heavy atom. The van der Waals surface area contributed by atoms with E-state index in [2.05, 4.69) is 10.6 Å². The third-order valence-corrected chi connectivity index (χ3v) is 3.17. The molecule has 0 aliphatic heterocycles. The van der Waals surface area contributed by atoms with Gasteiger partial charge in [0.2, 0.25) is 0 Å². The number of nitriles is 1. The quantitative estimate of drug-likeness (QED) is 0.891. The first kappa shape index (κ1) is 16.2. The molecule has 0 radical (unpaired) electrons. The van der Waals surface area contributed by atoms with Gasteiger partial charge in [0, 0.05) is 23.4 Å². The van der Waals surface area contributed by atoms with Crippen molar-refractivity contribution in [2.75, 3.05) is 11.9 Å². The largest absolute Gasteiger partial charge is 0.352 e. The number of hydrogen-bond acceptors (Lipinski definition) is 3. The van der Waals surface area contributed by atoms with E-state index < -0.39 is 0 Å². The van der Waals surface area contributed by atoms with Crippen LogP contribution in [0.2, 0.25) is 0 Å². The molecule has 0 aliphatic rings. The Balaban J connectivity index is 2.13. The summed E-state index contributed by atoms with van der Waals surface area (Å²) in [5, 5.41) is 14.4. The first-order valence-corrected chi connectivity index (χ1v) is 7.34. The van der Waals surface area contributed by atoms with E-state index in [0.717, 1.165) is 6.42 Å². The van der Waals surface area contributed by atoms with E-state index in [1.54, 1.807) is 48.5 Å². The zero-order valence-electron chi connectivity index (χ0n) is 12.8. The average molecular weight is 307 g/mol. The number of nitrogens with one attached hydrogen (secondary N) is 2. The summed E-state index contributed by atoms with van der Waals surface area (Å²) in [5.74, 6) is -0.529. The summed E-state index contributed by atoms with van der Waals surface area (Å²) < 4.78 is 0. The van der Waals surface area contributed by atoms with E-state index in [1.807, 2.05) is 13.0 Å². The normalized spacial score (nSPS) is 9.74. The third-order valence-electron chi connectivity index (χ3n) is 3.17. The summed E-state index contributed by atoms with van der Waals surface area (Å²) in [6.07, 6.45) is 0.848. The molecule has 23 heavy (non-hydrogen) atoms. The Bertz CT molecular complexity index is 763. The van der Waals surface area contributed by atoms with Gasteiger partial charge in [0.1, 0.15) is 0 Å². The summed E-state index contributed by atoms with van der Waals surface area (Å²) in [6.45, 7) is 2.57. The molecule has 2 aromatic carbocycles. The molecule has 2 N–H and O–H groups in total. The minimum Gasteiger partial charge on any atom is -0.352 e. The van der Waals surface area contributed by atoms with Gasteiger partial charge in [-0.3, -0.25) is 9.59 Å². The second kappa shape index (κ2) is 7.76. The number of nitrogens with zero attached hydrogens (tertiary/aromatic N) is 1. The molecule has 2 amide bonds. The van der Waals surface area contributed by atoms with E-state index >= 15 is 0 Å². The van der Waals surface area contributed by atoms with Crippen LogP contribution >= 0.6 is 0 Å². The van der Waals surface area contributed by atoms with E-state index in [9.17, 15) is 9.59 Å². The van der Waals surface area contributed by atoms with Crippen molar-refractivity contribution in [3.63, 3.8) is 0 Å². The molecule has 0 spiro atoms. The van der Waals surface area contributed by atoms with Crippen molar-refractivity contribution < 1.29 is 9.59 Å². The fraction of sp³-hybridized carbons (Fsp3) is 0.167. The molecule has 0 saturated carbocycles. The number of carbonyl (C=O) groups is 2. The second-order valence-corrected chi connectivity index (χ2v) is 4.98.